The first-order valence-electron chi connectivity index (χ1n) is 6.57. The predicted molar refractivity (Wildman–Crippen MR) is 74.5 cm³/mol. The summed E-state index contributed by atoms with van der Waals surface area (Å²) in [6, 6.07) is 6.90. The molecule has 3 N–H and O–H groups in total. The van der Waals surface area contributed by atoms with Crippen molar-refractivity contribution >= 4 is 11.8 Å². The Hall–Kier alpha value is -2.08. The normalized spacial score (nSPS) is 17.9. The van der Waals surface area contributed by atoms with Crippen LogP contribution in [0.1, 0.15) is 16.8 Å². The van der Waals surface area contributed by atoms with Gasteiger partial charge in [0.05, 0.1) is 13.7 Å². The molecule has 1 unspecified atom stereocenters. The Labute approximate surface area is 117 Å². The lowest BCUT2D eigenvalue weighted by molar-refractivity contribution is -0.128. The largest absolute Gasteiger partial charge is 0.497 e. The van der Waals surface area contributed by atoms with Crippen LogP contribution in [0.5, 0.6) is 5.75 Å². The van der Waals surface area contributed by atoms with Crippen molar-refractivity contribution in [2.45, 2.75) is 12.5 Å². The predicted octanol–water partition coefficient (Wildman–Crippen LogP) is -0.0154. The lowest BCUT2D eigenvalue weighted by Gasteiger charge is -2.16. The molecule has 20 heavy (non-hydrogen) atoms. The van der Waals surface area contributed by atoms with Crippen molar-refractivity contribution in [3.63, 3.8) is 0 Å². The van der Waals surface area contributed by atoms with Gasteiger partial charge in [0.1, 0.15) is 5.75 Å². The second-order valence-electron chi connectivity index (χ2n) is 4.73. The summed E-state index contributed by atoms with van der Waals surface area (Å²) in [5.41, 5.74) is 5.90. The van der Waals surface area contributed by atoms with Crippen LogP contribution in [0.3, 0.4) is 0 Å². The summed E-state index contributed by atoms with van der Waals surface area (Å²) < 4.78 is 5.05. The van der Waals surface area contributed by atoms with Crippen LogP contribution in [-0.4, -0.2) is 49.5 Å². The maximum absolute atomic E-state index is 12.1. The monoisotopic (exact) mass is 277 g/mol. The van der Waals surface area contributed by atoms with Gasteiger partial charge in [0.2, 0.25) is 5.91 Å². The number of amides is 2. The lowest BCUT2D eigenvalue weighted by atomic mass is 10.2. The van der Waals surface area contributed by atoms with Crippen LogP contribution in [0.2, 0.25) is 0 Å². The quantitative estimate of drug-likeness (QED) is 0.810. The highest BCUT2D eigenvalue weighted by Gasteiger charge is 2.26. The van der Waals surface area contributed by atoms with E-state index in [1.165, 1.54) is 0 Å². The third kappa shape index (κ3) is 3.27. The van der Waals surface area contributed by atoms with E-state index < -0.39 is 0 Å². The smallest absolute Gasteiger partial charge is 0.251 e. The summed E-state index contributed by atoms with van der Waals surface area (Å²) in [7, 11) is 1.58. The Bertz CT molecular complexity index is 487. The van der Waals surface area contributed by atoms with E-state index >= 15 is 0 Å². The Morgan fingerprint density at radius 2 is 2.10 bits per heavy atom. The van der Waals surface area contributed by atoms with E-state index in [0.717, 1.165) is 6.42 Å². The molecule has 1 aromatic carbocycles. The van der Waals surface area contributed by atoms with Gasteiger partial charge in [-0.15, -0.1) is 0 Å². The zero-order valence-electron chi connectivity index (χ0n) is 11.5. The van der Waals surface area contributed by atoms with E-state index in [-0.39, 0.29) is 24.4 Å². The molecule has 1 aliphatic heterocycles. The van der Waals surface area contributed by atoms with Crippen molar-refractivity contribution in [1.82, 2.24) is 10.2 Å². The van der Waals surface area contributed by atoms with E-state index in [0.29, 0.717) is 24.4 Å². The first-order valence-corrected chi connectivity index (χ1v) is 6.57. The van der Waals surface area contributed by atoms with Gasteiger partial charge in [-0.2, -0.15) is 0 Å². The fourth-order valence-corrected chi connectivity index (χ4v) is 2.24. The van der Waals surface area contributed by atoms with Gasteiger partial charge < -0.3 is 20.7 Å². The molecule has 0 spiro atoms. The van der Waals surface area contributed by atoms with Crippen LogP contribution < -0.4 is 15.8 Å². The highest BCUT2D eigenvalue weighted by molar-refractivity contribution is 5.94. The van der Waals surface area contributed by atoms with E-state index in [1.54, 1.807) is 36.3 Å². The minimum atomic E-state index is -0.139. The summed E-state index contributed by atoms with van der Waals surface area (Å²) >= 11 is 0. The standard InChI is InChI=1S/C14H19N3O3/c1-20-12-4-2-10(3-5-12)14(19)16-11-6-7-17(9-11)13(18)8-15/h2-5,11H,6-9,15H2,1H3,(H,16,19). The molecule has 0 bridgehead atoms. The number of ether oxygens (including phenoxy) is 1. The number of hydrogen-bond donors (Lipinski definition) is 2. The van der Waals surface area contributed by atoms with Gasteiger partial charge >= 0.3 is 0 Å². The molecule has 6 heteroatoms. The van der Waals surface area contributed by atoms with Crippen molar-refractivity contribution in [2.24, 2.45) is 5.73 Å². The Morgan fingerprint density at radius 1 is 1.40 bits per heavy atom. The third-order valence-electron chi connectivity index (χ3n) is 3.40. The minimum Gasteiger partial charge on any atom is -0.497 e. The molecule has 1 aliphatic rings. The van der Waals surface area contributed by atoms with Crippen LogP contribution in [0.4, 0.5) is 0 Å². The lowest BCUT2D eigenvalue weighted by Crippen LogP contribution is -2.40. The average Bonchev–Trinajstić information content (AvgIpc) is 2.95. The zero-order valence-corrected chi connectivity index (χ0v) is 11.5. The van der Waals surface area contributed by atoms with Crippen molar-refractivity contribution in [1.29, 1.82) is 0 Å². The zero-order chi connectivity index (χ0) is 14.5. The topological polar surface area (TPSA) is 84.7 Å². The number of methoxy groups -OCH3 is 1. The Morgan fingerprint density at radius 3 is 2.70 bits per heavy atom. The van der Waals surface area contributed by atoms with Gasteiger partial charge in [-0.25, -0.2) is 0 Å². The molecular weight excluding hydrogens is 258 g/mol. The molecule has 1 saturated heterocycles. The molecular formula is C14H19N3O3. The number of benzene rings is 1. The van der Waals surface area contributed by atoms with Gasteiger partial charge in [0, 0.05) is 24.7 Å². The van der Waals surface area contributed by atoms with Crippen LogP contribution in [0.25, 0.3) is 0 Å². The Balaban J connectivity index is 1.90. The van der Waals surface area contributed by atoms with Crippen molar-refractivity contribution in [2.75, 3.05) is 26.7 Å². The molecule has 6 nitrogen and oxygen atoms in total. The van der Waals surface area contributed by atoms with Crippen molar-refractivity contribution in [3.05, 3.63) is 29.8 Å². The third-order valence-corrected chi connectivity index (χ3v) is 3.40. The number of nitrogens with zero attached hydrogens (tertiary/aromatic N) is 1. The Kier molecular flexibility index (Phi) is 4.57. The second-order valence-corrected chi connectivity index (χ2v) is 4.73. The number of hydrogen-bond acceptors (Lipinski definition) is 4. The molecule has 1 heterocycles. The number of likely N-dealkylation sites (tertiary alicyclic amines) is 1. The van der Waals surface area contributed by atoms with Gasteiger partial charge in [0.25, 0.3) is 5.91 Å². The van der Waals surface area contributed by atoms with Crippen molar-refractivity contribution < 1.29 is 14.3 Å². The molecule has 0 saturated carbocycles. The van der Waals surface area contributed by atoms with Gasteiger partial charge in [0.15, 0.2) is 0 Å². The number of carbonyl (C=O) groups excluding carboxylic acids is 2. The van der Waals surface area contributed by atoms with E-state index in [4.69, 9.17) is 10.5 Å². The fourth-order valence-electron chi connectivity index (χ4n) is 2.24. The van der Waals surface area contributed by atoms with Gasteiger partial charge in [-0.1, -0.05) is 0 Å². The minimum absolute atomic E-state index is 0.0130. The van der Waals surface area contributed by atoms with Crippen molar-refractivity contribution in [3.8, 4) is 5.75 Å². The molecule has 108 valence electrons. The van der Waals surface area contributed by atoms with Gasteiger partial charge in [-0.05, 0) is 30.7 Å². The molecule has 0 aromatic heterocycles. The summed E-state index contributed by atoms with van der Waals surface area (Å²) in [5, 5.41) is 2.93. The highest BCUT2D eigenvalue weighted by Crippen LogP contribution is 2.13. The second kappa shape index (κ2) is 6.38. The maximum Gasteiger partial charge on any atom is 0.251 e. The molecule has 1 aromatic rings. The number of nitrogens with one attached hydrogen (secondary N) is 1. The van der Waals surface area contributed by atoms with E-state index in [9.17, 15) is 9.59 Å². The highest BCUT2D eigenvalue weighted by atomic mass is 16.5. The summed E-state index contributed by atoms with van der Waals surface area (Å²) in [6.45, 7) is 1.18. The molecule has 1 fully saturated rings. The fraction of sp³-hybridized carbons (Fsp3) is 0.429. The SMILES string of the molecule is COc1ccc(C(=O)NC2CCN(C(=O)CN)C2)cc1. The molecule has 2 amide bonds. The van der Waals surface area contributed by atoms with Gasteiger partial charge in [-0.3, -0.25) is 9.59 Å². The van der Waals surface area contributed by atoms with E-state index in [2.05, 4.69) is 5.32 Å². The van der Waals surface area contributed by atoms with Crippen LogP contribution in [-0.2, 0) is 4.79 Å². The molecule has 2 rings (SSSR count). The number of carbonyl (C=O) groups is 2. The maximum atomic E-state index is 12.1. The van der Waals surface area contributed by atoms with Crippen LogP contribution in [0, 0.1) is 0 Å². The molecule has 1 atom stereocenters. The first-order chi connectivity index (χ1) is 9.63. The molecule has 0 radical (unpaired) electrons. The van der Waals surface area contributed by atoms with Crippen LogP contribution >= 0.6 is 0 Å². The first kappa shape index (κ1) is 14.3. The molecule has 0 aliphatic carbocycles. The van der Waals surface area contributed by atoms with E-state index in [1.807, 2.05) is 0 Å². The summed E-state index contributed by atoms with van der Waals surface area (Å²) in [6.07, 6.45) is 0.758. The average molecular weight is 277 g/mol. The number of rotatable bonds is 4. The number of nitrogens with two attached hydrogens (primary N) is 1. The summed E-state index contributed by atoms with van der Waals surface area (Å²) in [5.74, 6) is 0.494. The van der Waals surface area contributed by atoms with Crippen LogP contribution in [0.15, 0.2) is 24.3 Å². The summed E-state index contributed by atoms with van der Waals surface area (Å²) in [4.78, 5) is 25.2.